The molecule has 1 N–H and O–H groups in total. The fourth-order valence-electron chi connectivity index (χ4n) is 7.85. The van der Waals surface area contributed by atoms with Crippen LogP contribution in [0.25, 0.3) is 0 Å². The van der Waals surface area contributed by atoms with Crippen LogP contribution in [0.4, 0.5) is 0 Å². The van der Waals surface area contributed by atoms with E-state index < -0.39 is 46.9 Å². The van der Waals surface area contributed by atoms with Crippen LogP contribution in [0.15, 0.2) is 23.8 Å². The summed E-state index contributed by atoms with van der Waals surface area (Å²) in [4.78, 5) is 50.0. The minimum absolute atomic E-state index is 0.0130. The quantitative estimate of drug-likeness (QED) is 0.544. The molecule has 0 aliphatic heterocycles. The van der Waals surface area contributed by atoms with Gasteiger partial charge in [-0.05, 0) is 62.5 Å². The summed E-state index contributed by atoms with van der Waals surface area (Å²) in [5, 5.41) is 11.6. The fraction of sp³-hybridized carbons (Fsp3) is 0.714. The summed E-state index contributed by atoms with van der Waals surface area (Å²) >= 11 is 0. The molecule has 192 valence electrons. The van der Waals surface area contributed by atoms with Crippen LogP contribution in [-0.4, -0.2) is 46.9 Å². The smallest absolute Gasteiger partial charge is 0.306 e. The molecule has 4 aliphatic rings. The molecule has 0 amide bonds. The van der Waals surface area contributed by atoms with Crippen molar-refractivity contribution in [2.45, 2.75) is 90.8 Å². The molecule has 7 atom stereocenters. The van der Waals surface area contributed by atoms with Crippen LogP contribution in [-0.2, 0) is 28.7 Å². The van der Waals surface area contributed by atoms with E-state index in [4.69, 9.17) is 9.47 Å². The third kappa shape index (κ3) is 4.09. The molecule has 4 rings (SSSR count). The first-order valence-electron chi connectivity index (χ1n) is 13.0. The molecule has 7 nitrogen and oxygen atoms in total. The number of esters is 2. The molecule has 3 fully saturated rings. The predicted octanol–water partition coefficient (Wildman–Crippen LogP) is 3.87. The van der Waals surface area contributed by atoms with Crippen molar-refractivity contribution >= 4 is 23.5 Å². The van der Waals surface area contributed by atoms with E-state index in [1.165, 1.54) is 6.92 Å². The molecule has 35 heavy (non-hydrogen) atoms. The van der Waals surface area contributed by atoms with Gasteiger partial charge in [0.2, 0.25) is 5.78 Å². The maximum absolute atomic E-state index is 13.6. The maximum atomic E-state index is 13.6. The van der Waals surface area contributed by atoms with Gasteiger partial charge in [-0.3, -0.25) is 19.2 Å². The van der Waals surface area contributed by atoms with Crippen LogP contribution >= 0.6 is 0 Å². The van der Waals surface area contributed by atoms with Gasteiger partial charge in [-0.2, -0.15) is 0 Å². The Morgan fingerprint density at radius 2 is 1.94 bits per heavy atom. The van der Waals surface area contributed by atoms with Gasteiger partial charge in [0.1, 0.15) is 0 Å². The SMILES string of the molecule is CCCCC(=O)O[C@]1(C(=O)COC(C)=O)CC[C@H]2[C@@H]3CCC4=CC(=O)C=C[C@]4(C)[C@H]3[C@@H](O)C[C@@]21C. The lowest BCUT2D eigenvalue weighted by Gasteiger charge is -2.59. The number of carbonyl (C=O) groups is 4. The van der Waals surface area contributed by atoms with Crippen molar-refractivity contribution in [2.75, 3.05) is 6.61 Å². The predicted molar refractivity (Wildman–Crippen MR) is 128 cm³/mol. The summed E-state index contributed by atoms with van der Waals surface area (Å²) in [6.07, 6.45) is 9.17. The van der Waals surface area contributed by atoms with Crippen molar-refractivity contribution in [1.82, 2.24) is 0 Å². The van der Waals surface area contributed by atoms with Gasteiger partial charge in [-0.25, -0.2) is 0 Å². The lowest BCUT2D eigenvalue weighted by molar-refractivity contribution is -0.201. The highest BCUT2D eigenvalue weighted by Gasteiger charge is 2.70. The Balaban J connectivity index is 1.70. The molecule has 0 spiro atoms. The third-order valence-corrected chi connectivity index (χ3v) is 9.50. The van der Waals surface area contributed by atoms with Gasteiger partial charge in [0.15, 0.2) is 18.0 Å². The van der Waals surface area contributed by atoms with E-state index in [1.807, 2.05) is 19.9 Å². The van der Waals surface area contributed by atoms with Crippen LogP contribution in [0.1, 0.15) is 79.1 Å². The number of allylic oxidation sites excluding steroid dienone is 4. The molecule has 0 aromatic rings. The number of rotatable bonds is 7. The average Bonchev–Trinajstić information content (AvgIpc) is 3.08. The van der Waals surface area contributed by atoms with Crippen LogP contribution in [0.2, 0.25) is 0 Å². The Morgan fingerprint density at radius 1 is 1.20 bits per heavy atom. The van der Waals surface area contributed by atoms with Gasteiger partial charge in [0.05, 0.1) is 6.10 Å². The van der Waals surface area contributed by atoms with E-state index in [2.05, 4.69) is 6.92 Å². The Bertz CT molecular complexity index is 980. The molecule has 4 aliphatic carbocycles. The summed E-state index contributed by atoms with van der Waals surface area (Å²) in [5.41, 5.74) is -1.56. The fourth-order valence-corrected chi connectivity index (χ4v) is 7.85. The van der Waals surface area contributed by atoms with Crippen LogP contribution in [0.5, 0.6) is 0 Å². The number of hydrogen-bond donors (Lipinski definition) is 1. The van der Waals surface area contributed by atoms with Gasteiger partial charge in [-0.1, -0.05) is 38.8 Å². The highest BCUT2D eigenvalue weighted by molar-refractivity contribution is 6.01. The Hall–Kier alpha value is -2.28. The van der Waals surface area contributed by atoms with E-state index in [0.29, 0.717) is 25.7 Å². The van der Waals surface area contributed by atoms with E-state index in [-0.39, 0.29) is 30.0 Å². The van der Waals surface area contributed by atoms with Crippen molar-refractivity contribution in [3.8, 4) is 0 Å². The lowest BCUT2D eigenvalue weighted by Crippen LogP contribution is -2.63. The minimum Gasteiger partial charge on any atom is -0.458 e. The van der Waals surface area contributed by atoms with Crippen molar-refractivity contribution in [3.05, 3.63) is 23.8 Å². The molecule has 0 heterocycles. The minimum atomic E-state index is -1.43. The number of hydrogen-bond acceptors (Lipinski definition) is 7. The first-order valence-corrected chi connectivity index (χ1v) is 13.0. The number of ketones is 2. The summed E-state index contributed by atoms with van der Waals surface area (Å²) in [6, 6.07) is 0. The van der Waals surface area contributed by atoms with E-state index in [0.717, 1.165) is 24.8 Å². The van der Waals surface area contributed by atoms with Crippen LogP contribution in [0.3, 0.4) is 0 Å². The monoisotopic (exact) mass is 486 g/mol. The Morgan fingerprint density at radius 3 is 2.63 bits per heavy atom. The standard InChI is InChI=1S/C28H38O7/c1-5-6-7-24(33)35-28(23(32)16-34-17(2)29)13-11-21-20-9-8-18-14-19(30)10-12-26(18,3)25(20)22(31)15-27(21,28)4/h10,12,14,20-22,25,31H,5-9,11,13,15-16H2,1-4H3/t20-,21-,22-,25+,26-,27-,28-/m0/s1. The second-order valence-electron chi connectivity index (χ2n) is 11.4. The van der Waals surface area contributed by atoms with Gasteiger partial charge < -0.3 is 14.6 Å². The average molecular weight is 487 g/mol. The summed E-state index contributed by atoms with van der Waals surface area (Å²) < 4.78 is 11.1. The molecular formula is C28H38O7. The summed E-state index contributed by atoms with van der Waals surface area (Å²) in [5.74, 6) is -1.31. The van der Waals surface area contributed by atoms with Gasteiger partial charge in [-0.15, -0.1) is 0 Å². The zero-order chi connectivity index (χ0) is 25.6. The number of carbonyl (C=O) groups excluding carboxylic acids is 4. The molecule has 0 bridgehead atoms. The summed E-state index contributed by atoms with van der Waals surface area (Å²) in [7, 11) is 0. The first kappa shape index (κ1) is 25.8. The zero-order valence-electron chi connectivity index (χ0n) is 21.3. The maximum Gasteiger partial charge on any atom is 0.306 e. The van der Waals surface area contributed by atoms with E-state index in [9.17, 15) is 24.3 Å². The van der Waals surface area contributed by atoms with Gasteiger partial charge >= 0.3 is 11.9 Å². The van der Waals surface area contributed by atoms with E-state index >= 15 is 0 Å². The lowest BCUT2D eigenvalue weighted by atomic mass is 9.46. The number of ether oxygens (including phenoxy) is 2. The van der Waals surface area contributed by atoms with Gasteiger partial charge in [0, 0.05) is 30.1 Å². The van der Waals surface area contributed by atoms with Crippen molar-refractivity contribution in [2.24, 2.45) is 28.6 Å². The second kappa shape index (κ2) is 9.30. The van der Waals surface area contributed by atoms with Crippen LogP contribution < -0.4 is 0 Å². The molecule has 0 radical (unpaired) electrons. The molecule has 7 heteroatoms. The molecule has 0 saturated heterocycles. The molecule has 0 unspecified atom stereocenters. The molecule has 3 saturated carbocycles. The topological polar surface area (TPSA) is 107 Å². The number of fused-ring (bicyclic) bond motifs is 5. The summed E-state index contributed by atoms with van der Waals surface area (Å²) in [6.45, 7) is 6.86. The first-order chi connectivity index (χ1) is 16.5. The van der Waals surface area contributed by atoms with Crippen molar-refractivity contribution in [1.29, 1.82) is 0 Å². The zero-order valence-corrected chi connectivity index (χ0v) is 21.3. The van der Waals surface area contributed by atoms with Gasteiger partial charge in [0.25, 0.3) is 0 Å². The van der Waals surface area contributed by atoms with E-state index in [1.54, 1.807) is 12.2 Å². The molecule has 0 aromatic carbocycles. The number of aliphatic hydroxyl groups excluding tert-OH is 1. The number of aliphatic hydroxyl groups is 1. The highest BCUT2D eigenvalue weighted by atomic mass is 16.6. The van der Waals surface area contributed by atoms with Crippen molar-refractivity contribution in [3.63, 3.8) is 0 Å². The normalized spacial score (nSPS) is 39.7. The van der Waals surface area contributed by atoms with Crippen molar-refractivity contribution < 1.29 is 33.8 Å². The number of unbranched alkanes of at least 4 members (excludes halogenated alkanes) is 1. The largest absolute Gasteiger partial charge is 0.458 e. The Labute approximate surface area is 207 Å². The van der Waals surface area contributed by atoms with Crippen LogP contribution in [0, 0.1) is 28.6 Å². The second-order valence-corrected chi connectivity index (χ2v) is 11.4. The molecule has 0 aromatic heterocycles. The highest BCUT2D eigenvalue weighted by Crippen LogP contribution is 2.67. The number of Topliss-reactive ketones (excluding diaryl/α,β-unsaturated/α-hetero) is 1. The molecular weight excluding hydrogens is 448 g/mol. The Kier molecular flexibility index (Phi) is 6.86. The third-order valence-electron chi connectivity index (χ3n) is 9.50.